The van der Waals surface area contributed by atoms with Gasteiger partial charge in [0.05, 0.1) is 6.42 Å². The van der Waals surface area contributed by atoms with Crippen molar-refractivity contribution in [3.63, 3.8) is 0 Å². The van der Waals surface area contributed by atoms with Crippen LogP contribution in [0.4, 0.5) is 0 Å². The third-order valence-electron chi connectivity index (χ3n) is 6.13. The minimum absolute atomic E-state index is 0.0578. The van der Waals surface area contributed by atoms with Gasteiger partial charge in [-0.1, -0.05) is 29.8 Å². The van der Waals surface area contributed by atoms with Gasteiger partial charge in [0.1, 0.15) is 6.04 Å². The first-order chi connectivity index (χ1) is 12.8. The van der Waals surface area contributed by atoms with Crippen LogP contribution >= 0.6 is 0 Å². The lowest BCUT2D eigenvalue weighted by atomic mass is 9.72. The minimum Gasteiger partial charge on any atom is -0.480 e. The van der Waals surface area contributed by atoms with E-state index in [1.54, 1.807) is 6.92 Å². The Morgan fingerprint density at radius 1 is 1.22 bits per heavy atom. The summed E-state index contributed by atoms with van der Waals surface area (Å²) in [5, 5.41) is 9.27. The first-order valence-electron chi connectivity index (χ1n) is 9.65. The molecule has 0 saturated carbocycles. The topological polar surface area (TPSA) is 77.9 Å². The molecule has 2 saturated heterocycles. The molecule has 146 valence electrons. The van der Waals surface area contributed by atoms with Crippen molar-refractivity contribution >= 4 is 17.8 Å². The van der Waals surface area contributed by atoms with Gasteiger partial charge < -0.3 is 14.9 Å². The van der Waals surface area contributed by atoms with E-state index in [0.29, 0.717) is 32.5 Å². The number of carboxylic acids is 1. The number of piperidine rings is 2. The van der Waals surface area contributed by atoms with E-state index in [2.05, 4.69) is 0 Å². The maximum absolute atomic E-state index is 12.6. The number of hydrogen-bond donors (Lipinski definition) is 1. The normalized spacial score (nSPS) is 20.6. The Morgan fingerprint density at radius 2 is 1.93 bits per heavy atom. The van der Waals surface area contributed by atoms with Gasteiger partial charge >= 0.3 is 5.97 Å². The average Bonchev–Trinajstić information content (AvgIpc) is 2.64. The lowest BCUT2D eigenvalue weighted by Gasteiger charge is -2.48. The van der Waals surface area contributed by atoms with Gasteiger partial charge in [0.2, 0.25) is 11.8 Å². The molecular formula is C21H28N2O4. The zero-order valence-electron chi connectivity index (χ0n) is 16.1. The average molecular weight is 372 g/mol. The Kier molecular flexibility index (Phi) is 5.53. The third kappa shape index (κ3) is 4.31. The van der Waals surface area contributed by atoms with Gasteiger partial charge in [0, 0.05) is 26.1 Å². The summed E-state index contributed by atoms with van der Waals surface area (Å²) in [5.74, 6) is -0.905. The number of aliphatic carboxylic acids is 1. The number of rotatable bonds is 4. The van der Waals surface area contributed by atoms with Crippen molar-refractivity contribution < 1.29 is 19.5 Å². The van der Waals surface area contributed by atoms with Crippen molar-refractivity contribution in [3.05, 3.63) is 35.4 Å². The summed E-state index contributed by atoms with van der Waals surface area (Å²) >= 11 is 0. The summed E-state index contributed by atoms with van der Waals surface area (Å²) < 4.78 is 0. The molecule has 27 heavy (non-hydrogen) atoms. The Morgan fingerprint density at radius 3 is 2.56 bits per heavy atom. The second-order valence-corrected chi connectivity index (χ2v) is 8.08. The fraction of sp³-hybridized carbons (Fsp3) is 0.571. The van der Waals surface area contributed by atoms with Gasteiger partial charge in [-0.2, -0.15) is 0 Å². The summed E-state index contributed by atoms with van der Waals surface area (Å²) in [6.07, 6.45) is 3.24. The minimum atomic E-state index is -0.967. The van der Waals surface area contributed by atoms with E-state index in [0.717, 1.165) is 30.4 Å². The van der Waals surface area contributed by atoms with E-state index < -0.39 is 12.0 Å². The largest absolute Gasteiger partial charge is 0.480 e. The molecule has 0 unspecified atom stereocenters. The van der Waals surface area contributed by atoms with Crippen molar-refractivity contribution in [1.82, 2.24) is 9.80 Å². The molecule has 0 bridgehead atoms. The third-order valence-corrected chi connectivity index (χ3v) is 6.13. The predicted molar refractivity (Wildman–Crippen MR) is 101 cm³/mol. The van der Waals surface area contributed by atoms with E-state index in [4.69, 9.17) is 0 Å². The predicted octanol–water partition coefficient (Wildman–Crippen LogP) is 2.24. The van der Waals surface area contributed by atoms with Crippen molar-refractivity contribution in [2.24, 2.45) is 5.41 Å². The lowest BCUT2D eigenvalue weighted by molar-refractivity contribution is -0.155. The molecule has 0 aromatic heterocycles. The molecule has 0 aliphatic carbocycles. The van der Waals surface area contributed by atoms with E-state index in [9.17, 15) is 19.5 Å². The quantitative estimate of drug-likeness (QED) is 0.879. The highest BCUT2D eigenvalue weighted by molar-refractivity contribution is 5.84. The second kappa shape index (κ2) is 7.71. The van der Waals surface area contributed by atoms with E-state index in [1.165, 1.54) is 4.90 Å². The number of likely N-dealkylation sites (tertiary alicyclic amines) is 2. The van der Waals surface area contributed by atoms with E-state index in [1.807, 2.05) is 36.1 Å². The molecular weight excluding hydrogens is 344 g/mol. The van der Waals surface area contributed by atoms with Crippen molar-refractivity contribution in [3.8, 4) is 0 Å². The highest BCUT2D eigenvalue weighted by Gasteiger charge is 2.43. The molecule has 1 aromatic carbocycles. The Labute approximate surface area is 160 Å². The van der Waals surface area contributed by atoms with Gasteiger partial charge in [-0.25, -0.2) is 4.79 Å². The molecule has 1 spiro atoms. The zero-order valence-corrected chi connectivity index (χ0v) is 16.1. The molecule has 3 rings (SSSR count). The molecule has 2 aliphatic heterocycles. The summed E-state index contributed by atoms with van der Waals surface area (Å²) in [6, 6.07) is 7.22. The number of benzene rings is 1. The Hall–Kier alpha value is -2.37. The molecule has 1 N–H and O–H groups in total. The number of nitrogens with zero attached hydrogens (tertiary/aromatic N) is 2. The van der Waals surface area contributed by atoms with Crippen LogP contribution in [0.15, 0.2) is 24.3 Å². The number of carbonyl (C=O) groups excluding carboxylic acids is 2. The van der Waals surface area contributed by atoms with Gasteiger partial charge in [0.25, 0.3) is 0 Å². The van der Waals surface area contributed by atoms with Crippen LogP contribution in [0.25, 0.3) is 0 Å². The van der Waals surface area contributed by atoms with Gasteiger partial charge in [-0.3, -0.25) is 9.59 Å². The Balaban J connectivity index is 1.60. The molecule has 6 heteroatoms. The molecule has 2 amide bonds. The molecule has 2 fully saturated rings. The second-order valence-electron chi connectivity index (χ2n) is 8.08. The van der Waals surface area contributed by atoms with Crippen LogP contribution in [0.3, 0.4) is 0 Å². The summed E-state index contributed by atoms with van der Waals surface area (Å²) in [5.41, 5.74) is 2.12. The summed E-state index contributed by atoms with van der Waals surface area (Å²) in [6.45, 7) is 5.42. The van der Waals surface area contributed by atoms with Crippen molar-refractivity contribution in [2.75, 3.05) is 19.6 Å². The fourth-order valence-corrected chi connectivity index (χ4v) is 4.28. The lowest BCUT2D eigenvalue weighted by Crippen LogP contribution is -2.56. The van der Waals surface area contributed by atoms with Gasteiger partial charge in [0.15, 0.2) is 0 Å². The van der Waals surface area contributed by atoms with Gasteiger partial charge in [-0.05, 0) is 44.1 Å². The van der Waals surface area contributed by atoms with E-state index >= 15 is 0 Å². The highest BCUT2D eigenvalue weighted by atomic mass is 16.4. The maximum Gasteiger partial charge on any atom is 0.326 e. The van der Waals surface area contributed by atoms with Crippen LogP contribution in [-0.4, -0.2) is 58.4 Å². The number of aryl methyl sites for hydroxylation is 1. The van der Waals surface area contributed by atoms with Gasteiger partial charge in [-0.15, -0.1) is 0 Å². The number of carbonyl (C=O) groups is 3. The van der Waals surface area contributed by atoms with Crippen LogP contribution < -0.4 is 0 Å². The van der Waals surface area contributed by atoms with Crippen LogP contribution in [0.5, 0.6) is 0 Å². The Bertz CT molecular complexity index is 737. The van der Waals surface area contributed by atoms with Crippen LogP contribution in [0, 0.1) is 12.3 Å². The molecule has 0 radical (unpaired) electrons. The highest BCUT2D eigenvalue weighted by Crippen LogP contribution is 2.40. The first-order valence-corrected chi connectivity index (χ1v) is 9.65. The van der Waals surface area contributed by atoms with Crippen molar-refractivity contribution in [1.29, 1.82) is 0 Å². The monoisotopic (exact) mass is 372 g/mol. The molecule has 6 nitrogen and oxygen atoms in total. The standard InChI is InChI=1S/C21H28N2O4/c1-15-4-3-5-17(12-15)13-19(25)22-10-8-21(9-11-22)7-6-18(24)23(14-21)16(2)20(26)27/h3-5,12,16H,6-11,13-14H2,1-2H3,(H,26,27)/t16-/m1/s1. The van der Waals surface area contributed by atoms with E-state index in [-0.39, 0.29) is 17.2 Å². The fourth-order valence-electron chi connectivity index (χ4n) is 4.28. The molecule has 1 aromatic rings. The number of hydrogen-bond acceptors (Lipinski definition) is 3. The number of carboxylic acid groups (broad SMARTS) is 1. The maximum atomic E-state index is 12.6. The van der Waals surface area contributed by atoms with Crippen LogP contribution in [0.2, 0.25) is 0 Å². The molecule has 1 atom stereocenters. The molecule has 2 heterocycles. The van der Waals surface area contributed by atoms with Crippen LogP contribution in [0.1, 0.15) is 43.7 Å². The first kappa shape index (κ1) is 19.4. The smallest absolute Gasteiger partial charge is 0.326 e. The zero-order chi connectivity index (χ0) is 19.6. The van der Waals surface area contributed by atoms with Crippen molar-refractivity contribution in [2.45, 2.75) is 52.0 Å². The summed E-state index contributed by atoms with van der Waals surface area (Å²) in [7, 11) is 0. The SMILES string of the molecule is Cc1cccc(CC(=O)N2CCC3(CCC(=O)N([C@H](C)C(=O)O)C3)CC2)c1. The number of amides is 2. The summed E-state index contributed by atoms with van der Waals surface area (Å²) in [4.78, 5) is 39.5. The molecule has 2 aliphatic rings. The van der Waals surface area contributed by atoms with Crippen LogP contribution in [-0.2, 0) is 20.8 Å².